The maximum absolute atomic E-state index is 14.4. The molecule has 4 saturated carbocycles. The van der Waals surface area contributed by atoms with Crippen molar-refractivity contribution in [3.63, 3.8) is 0 Å². The molecule has 3 nitrogen and oxygen atoms in total. The summed E-state index contributed by atoms with van der Waals surface area (Å²) in [6.07, 6.45) is 6.80. The van der Waals surface area contributed by atoms with Crippen LogP contribution in [0.15, 0.2) is 12.1 Å². The topological polar surface area (TPSA) is 38.3 Å². The number of methoxy groups -OCH3 is 1. The largest absolute Gasteiger partial charge is 0.465 e. The molecule has 0 amide bonds. The Balaban J connectivity index is 1.63. The van der Waals surface area contributed by atoms with Crippen molar-refractivity contribution in [2.75, 3.05) is 12.4 Å². The zero-order valence-electron chi connectivity index (χ0n) is 13.2. The Morgan fingerprint density at radius 1 is 1.09 bits per heavy atom. The molecule has 4 bridgehead atoms. The Morgan fingerprint density at radius 2 is 1.57 bits per heavy atom. The fourth-order valence-corrected chi connectivity index (χ4v) is 5.46. The van der Waals surface area contributed by atoms with Crippen LogP contribution in [0.3, 0.4) is 0 Å². The Kier molecular flexibility index (Phi) is 3.36. The Hall–Kier alpha value is -1.65. The summed E-state index contributed by atoms with van der Waals surface area (Å²) in [5.41, 5.74) is -0.374. The van der Waals surface area contributed by atoms with E-state index in [1.807, 2.05) is 0 Å². The molecule has 23 heavy (non-hydrogen) atoms. The average Bonchev–Trinajstić information content (AvgIpc) is 2.48. The second-order valence-corrected chi connectivity index (χ2v) is 7.63. The van der Waals surface area contributed by atoms with Crippen molar-refractivity contribution in [3.8, 4) is 0 Å². The average molecular weight is 321 g/mol. The summed E-state index contributed by atoms with van der Waals surface area (Å²) in [4.78, 5) is 11.5. The van der Waals surface area contributed by atoms with Gasteiger partial charge in [-0.3, -0.25) is 0 Å². The molecule has 5 rings (SSSR count). The smallest absolute Gasteiger partial charge is 0.338 e. The first-order valence-corrected chi connectivity index (χ1v) is 8.33. The SMILES string of the molecule is COC(=O)c1cc(F)c(NC23CC4CC(CC(C4)C2)C3)c(F)c1. The maximum atomic E-state index is 14.4. The van der Waals surface area contributed by atoms with E-state index in [0.29, 0.717) is 17.8 Å². The molecule has 0 saturated heterocycles. The van der Waals surface area contributed by atoms with Gasteiger partial charge < -0.3 is 10.1 Å². The quantitative estimate of drug-likeness (QED) is 0.851. The van der Waals surface area contributed by atoms with Gasteiger partial charge in [-0.1, -0.05) is 0 Å². The van der Waals surface area contributed by atoms with Crippen molar-refractivity contribution in [3.05, 3.63) is 29.3 Å². The molecule has 4 aliphatic rings. The van der Waals surface area contributed by atoms with Gasteiger partial charge in [-0.2, -0.15) is 0 Å². The minimum absolute atomic E-state index is 0.0976. The highest BCUT2D eigenvalue weighted by Gasteiger charge is 2.51. The van der Waals surface area contributed by atoms with Gasteiger partial charge in [-0.05, 0) is 68.4 Å². The molecule has 5 heteroatoms. The van der Waals surface area contributed by atoms with Gasteiger partial charge in [0.2, 0.25) is 0 Å². The van der Waals surface area contributed by atoms with Gasteiger partial charge in [0.1, 0.15) is 17.3 Å². The first-order chi connectivity index (χ1) is 11.0. The number of carbonyl (C=O) groups excluding carboxylic acids is 1. The van der Waals surface area contributed by atoms with Gasteiger partial charge in [-0.15, -0.1) is 0 Å². The third-order valence-electron chi connectivity index (χ3n) is 5.89. The summed E-state index contributed by atoms with van der Waals surface area (Å²) in [6.45, 7) is 0. The zero-order valence-corrected chi connectivity index (χ0v) is 13.2. The number of anilines is 1. The normalized spacial score (nSPS) is 34.5. The lowest BCUT2D eigenvalue weighted by Crippen LogP contribution is -2.55. The van der Waals surface area contributed by atoms with E-state index >= 15 is 0 Å². The van der Waals surface area contributed by atoms with Crippen molar-refractivity contribution >= 4 is 11.7 Å². The molecule has 1 aromatic rings. The molecule has 0 atom stereocenters. The van der Waals surface area contributed by atoms with Gasteiger partial charge in [0.15, 0.2) is 0 Å². The van der Waals surface area contributed by atoms with E-state index in [1.165, 1.54) is 26.4 Å². The molecule has 0 aliphatic heterocycles. The number of hydrogen-bond donors (Lipinski definition) is 1. The van der Waals surface area contributed by atoms with Crippen LogP contribution in [-0.4, -0.2) is 18.6 Å². The number of hydrogen-bond acceptors (Lipinski definition) is 3. The Labute approximate surface area is 134 Å². The van der Waals surface area contributed by atoms with Crippen LogP contribution in [0.4, 0.5) is 14.5 Å². The monoisotopic (exact) mass is 321 g/mol. The molecule has 1 N–H and O–H groups in total. The van der Waals surface area contributed by atoms with Gasteiger partial charge in [0.05, 0.1) is 12.7 Å². The van der Waals surface area contributed by atoms with Crippen molar-refractivity contribution in [1.82, 2.24) is 0 Å². The summed E-state index contributed by atoms with van der Waals surface area (Å²) in [6, 6.07) is 2.11. The minimum atomic E-state index is -0.732. The van der Waals surface area contributed by atoms with Crippen molar-refractivity contribution < 1.29 is 18.3 Å². The van der Waals surface area contributed by atoms with Crippen LogP contribution in [0, 0.1) is 29.4 Å². The number of benzene rings is 1. The lowest BCUT2D eigenvalue weighted by Gasteiger charge is -2.57. The van der Waals surface area contributed by atoms with Crippen molar-refractivity contribution in [1.29, 1.82) is 0 Å². The van der Waals surface area contributed by atoms with Gasteiger partial charge >= 0.3 is 5.97 Å². The highest BCUT2D eigenvalue weighted by molar-refractivity contribution is 5.89. The highest BCUT2D eigenvalue weighted by atomic mass is 19.1. The van der Waals surface area contributed by atoms with Crippen LogP contribution >= 0.6 is 0 Å². The molecule has 1 aromatic carbocycles. The van der Waals surface area contributed by atoms with Gasteiger partial charge in [0.25, 0.3) is 0 Å². The molecule has 0 spiro atoms. The summed E-state index contributed by atoms with van der Waals surface area (Å²) in [7, 11) is 1.19. The molecule has 0 heterocycles. The van der Waals surface area contributed by atoms with E-state index < -0.39 is 17.6 Å². The van der Waals surface area contributed by atoms with Crippen LogP contribution in [0.25, 0.3) is 0 Å². The first kappa shape index (κ1) is 14.9. The predicted molar refractivity (Wildman–Crippen MR) is 82.2 cm³/mol. The molecule has 0 unspecified atom stereocenters. The molecule has 4 fully saturated rings. The fourth-order valence-electron chi connectivity index (χ4n) is 5.46. The summed E-state index contributed by atoms with van der Waals surface area (Å²) in [5, 5.41) is 3.21. The number of ether oxygens (including phenoxy) is 1. The minimum Gasteiger partial charge on any atom is -0.465 e. The second kappa shape index (κ2) is 5.18. The maximum Gasteiger partial charge on any atom is 0.338 e. The second-order valence-electron chi connectivity index (χ2n) is 7.63. The number of carbonyl (C=O) groups is 1. The Bertz CT molecular complexity index is 600. The standard InChI is InChI=1S/C18H21F2NO2/c1-23-17(22)13-5-14(19)16(15(20)6-13)21-18-7-10-2-11(8-18)4-12(3-10)9-18/h5-6,10-12,21H,2-4,7-9H2,1H3. The zero-order chi connectivity index (χ0) is 16.2. The van der Waals surface area contributed by atoms with Crippen molar-refractivity contribution in [2.24, 2.45) is 17.8 Å². The Morgan fingerprint density at radius 3 is 2.00 bits per heavy atom. The first-order valence-electron chi connectivity index (χ1n) is 8.33. The number of nitrogens with one attached hydrogen (secondary N) is 1. The van der Waals surface area contributed by atoms with Crippen LogP contribution in [0.2, 0.25) is 0 Å². The number of halogens is 2. The lowest BCUT2D eigenvalue weighted by molar-refractivity contribution is 0.0104. The summed E-state index contributed by atoms with van der Waals surface area (Å²) >= 11 is 0. The van der Waals surface area contributed by atoms with E-state index in [1.54, 1.807) is 0 Å². The van der Waals surface area contributed by atoms with Gasteiger partial charge in [0, 0.05) is 5.54 Å². The van der Waals surface area contributed by atoms with E-state index in [4.69, 9.17) is 0 Å². The summed E-state index contributed by atoms with van der Waals surface area (Å²) in [5.74, 6) is -0.107. The molecule has 0 radical (unpaired) electrons. The molecule has 4 aliphatic carbocycles. The third kappa shape index (κ3) is 2.50. The summed E-state index contributed by atoms with van der Waals surface area (Å²) < 4.78 is 33.3. The van der Waals surface area contributed by atoms with Crippen LogP contribution in [-0.2, 0) is 4.74 Å². The lowest BCUT2D eigenvalue weighted by atomic mass is 9.53. The predicted octanol–water partition coefficient (Wildman–Crippen LogP) is 4.13. The van der Waals surface area contributed by atoms with E-state index in [-0.39, 0.29) is 16.8 Å². The fraction of sp³-hybridized carbons (Fsp3) is 0.611. The van der Waals surface area contributed by atoms with E-state index in [9.17, 15) is 13.6 Å². The van der Waals surface area contributed by atoms with Crippen LogP contribution in [0.1, 0.15) is 48.9 Å². The molecule has 124 valence electrons. The molecule has 0 aromatic heterocycles. The third-order valence-corrected chi connectivity index (χ3v) is 5.89. The molecular weight excluding hydrogens is 300 g/mol. The molecular formula is C18H21F2NO2. The van der Waals surface area contributed by atoms with Crippen LogP contribution < -0.4 is 5.32 Å². The van der Waals surface area contributed by atoms with Crippen LogP contribution in [0.5, 0.6) is 0 Å². The van der Waals surface area contributed by atoms with E-state index in [0.717, 1.165) is 31.4 Å². The van der Waals surface area contributed by atoms with E-state index in [2.05, 4.69) is 10.1 Å². The van der Waals surface area contributed by atoms with Crippen molar-refractivity contribution in [2.45, 2.75) is 44.1 Å². The van der Waals surface area contributed by atoms with Gasteiger partial charge in [-0.25, -0.2) is 13.6 Å². The number of esters is 1. The highest BCUT2D eigenvalue weighted by Crippen LogP contribution is 2.56. The number of rotatable bonds is 3.